The Labute approximate surface area is 304 Å². The second-order valence-electron chi connectivity index (χ2n) is 13.9. The van der Waals surface area contributed by atoms with Gasteiger partial charge in [0.1, 0.15) is 0 Å². The Bertz CT molecular complexity index is 1990. The van der Waals surface area contributed by atoms with Gasteiger partial charge >= 0.3 is 0 Å². The van der Waals surface area contributed by atoms with Crippen LogP contribution in [0.1, 0.15) is 47.3 Å². The quantitative estimate of drug-likeness (QED) is 0.146. The number of para-hydroxylation sites is 2. The number of hydrogen-bond acceptors (Lipinski definition) is 9. The third-order valence-corrected chi connectivity index (χ3v) is 10.5. The first-order chi connectivity index (χ1) is 25.4. The van der Waals surface area contributed by atoms with Crippen LogP contribution in [0.2, 0.25) is 0 Å². The monoisotopic (exact) mass is 702 g/mol. The number of anilines is 1. The molecule has 2 fully saturated rings. The topological polar surface area (TPSA) is 111 Å². The Morgan fingerprint density at radius 3 is 2.31 bits per heavy atom. The SMILES string of the molecule is COc1cc(C(=O)N2CC(CCN3CCC(Nc4nc5ccccc5n4Cc4ccccn4)CC3)(Cc3ccccc3)CC2=O)cc(OC)c1OC. The minimum absolute atomic E-state index is 0.161. The van der Waals surface area contributed by atoms with Gasteiger partial charge in [0.05, 0.1) is 44.6 Å². The number of nitrogens with zero attached hydrogens (tertiary/aromatic N) is 5. The maximum absolute atomic E-state index is 13.9. The molecule has 2 aliphatic rings. The Hall–Kier alpha value is -5.42. The number of nitrogens with one attached hydrogen (secondary N) is 1. The van der Waals surface area contributed by atoms with E-state index >= 15 is 0 Å². The van der Waals surface area contributed by atoms with Crippen molar-refractivity contribution in [2.45, 2.75) is 44.7 Å². The molecular formula is C41H46N6O5. The van der Waals surface area contributed by atoms with Crippen molar-refractivity contribution in [3.8, 4) is 17.2 Å². The van der Waals surface area contributed by atoms with E-state index in [0.717, 1.165) is 67.1 Å². The number of aromatic nitrogens is 3. The summed E-state index contributed by atoms with van der Waals surface area (Å²) < 4.78 is 18.7. The normalized spacial score (nSPS) is 18.1. The summed E-state index contributed by atoms with van der Waals surface area (Å²) in [4.78, 5) is 41.1. The molecule has 3 aromatic carbocycles. The lowest BCUT2D eigenvalue weighted by Crippen LogP contribution is -2.42. The number of amides is 2. The van der Waals surface area contributed by atoms with Gasteiger partial charge in [-0.1, -0.05) is 48.5 Å². The molecule has 0 bridgehead atoms. The van der Waals surface area contributed by atoms with Crippen LogP contribution in [0.3, 0.4) is 0 Å². The molecule has 4 heterocycles. The fourth-order valence-corrected chi connectivity index (χ4v) is 7.72. The molecule has 0 spiro atoms. The largest absolute Gasteiger partial charge is 0.493 e. The van der Waals surface area contributed by atoms with Gasteiger partial charge in [0, 0.05) is 49.3 Å². The van der Waals surface area contributed by atoms with Gasteiger partial charge in [0.2, 0.25) is 17.6 Å². The molecule has 2 aromatic heterocycles. The molecule has 270 valence electrons. The number of imide groups is 1. The smallest absolute Gasteiger partial charge is 0.260 e. The van der Waals surface area contributed by atoms with Gasteiger partial charge in [0.25, 0.3) is 5.91 Å². The summed E-state index contributed by atoms with van der Waals surface area (Å²) in [5.41, 5.74) is 4.13. The summed E-state index contributed by atoms with van der Waals surface area (Å²) in [5.74, 6) is 1.49. The zero-order valence-electron chi connectivity index (χ0n) is 30.1. The first-order valence-electron chi connectivity index (χ1n) is 17.9. The molecule has 2 aliphatic heterocycles. The van der Waals surface area contributed by atoms with Gasteiger partial charge in [0.15, 0.2) is 11.5 Å². The Balaban J connectivity index is 1.03. The van der Waals surface area contributed by atoms with Crippen LogP contribution < -0.4 is 19.5 Å². The molecule has 52 heavy (non-hydrogen) atoms. The molecule has 0 radical (unpaired) electrons. The van der Waals surface area contributed by atoms with Crippen molar-refractivity contribution >= 4 is 28.8 Å². The highest BCUT2D eigenvalue weighted by Gasteiger charge is 2.46. The number of ether oxygens (including phenoxy) is 3. The third kappa shape index (κ3) is 7.45. The van der Waals surface area contributed by atoms with Gasteiger partial charge in [-0.25, -0.2) is 4.98 Å². The van der Waals surface area contributed by atoms with E-state index in [-0.39, 0.29) is 23.3 Å². The number of imidazole rings is 1. The lowest BCUT2D eigenvalue weighted by molar-refractivity contribution is -0.125. The number of benzene rings is 3. The number of carbonyl (C=O) groups is 2. The fourth-order valence-electron chi connectivity index (χ4n) is 7.72. The predicted molar refractivity (Wildman–Crippen MR) is 200 cm³/mol. The Kier molecular flexibility index (Phi) is 10.4. The summed E-state index contributed by atoms with van der Waals surface area (Å²) in [7, 11) is 4.54. The maximum atomic E-state index is 13.9. The molecule has 1 atom stereocenters. The van der Waals surface area contributed by atoms with Crippen molar-refractivity contribution in [1.82, 2.24) is 24.3 Å². The standard InChI is InChI=1S/C41H46N6O5/c1-50-35-23-30(24-36(51-2)38(35)52-3)39(49)47-28-41(26-37(47)48,25-29-11-5-4-6-12-29)18-22-45-20-16-31(17-21-45)43-40-44-33-14-7-8-15-34(33)46(40)27-32-13-9-10-19-42-32/h4-15,19,23-24,31H,16-18,20-22,25-28H2,1-3H3,(H,43,44). The number of likely N-dealkylation sites (tertiary alicyclic amines) is 2. The molecule has 2 amide bonds. The molecule has 11 nitrogen and oxygen atoms in total. The van der Waals surface area contributed by atoms with Crippen LogP contribution in [0.4, 0.5) is 5.95 Å². The minimum Gasteiger partial charge on any atom is -0.493 e. The summed E-state index contributed by atoms with van der Waals surface area (Å²) in [6.07, 6.45) is 5.59. The summed E-state index contributed by atoms with van der Waals surface area (Å²) in [6.45, 7) is 3.70. The van der Waals surface area contributed by atoms with E-state index in [2.05, 4.69) is 44.0 Å². The molecule has 1 unspecified atom stereocenters. The minimum atomic E-state index is -0.389. The van der Waals surface area contributed by atoms with Crippen LogP contribution in [0.15, 0.2) is 91.1 Å². The van der Waals surface area contributed by atoms with Gasteiger partial charge in [-0.15, -0.1) is 0 Å². The van der Waals surface area contributed by atoms with E-state index in [1.165, 1.54) is 26.2 Å². The summed E-state index contributed by atoms with van der Waals surface area (Å²) in [6, 6.07) is 28.0. The average molecular weight is 703 g/mol. The van der Waals surface area contributed by atoms with Crippen molar-refractivity contribution in [2.24, 2.45) is 5.41 Å². The average Bonchev–Trinajstić information content (AvgIpc) is 3.70. The van der Waals surface area contributed by atoms with Gasteiger partial charge in [-0.3, -0.25) is 19.5 Å². The first-order valence-corrected chi connectivity index (χ1v) is 17.9. The van der Waals surface area contributed by atoms with E-state index in [1.807, 2.05) is 54.7 Å². The highest BCUT2D eigenvalue weighted by atomic mass is 16.5. The number of piperidine rings is 1. The molecule has 7 rings (SSSR count). The van der Waals surface area contributed by atoms with E-state index in [0.29, 0.717) is 48.7 Å². The number of fused-ring (bicyclic) bond motifs is 1. The number of carbonyl (C=O) groups excluding carboxylic acids is 2. The van der Waals surface area contributed by atoms with Crippen LogP contribution in [-0.2, 0) is 17.8 Å². The zero-order valence-corrected chi connectivity index (χ0v) is 30.1. The van der Waals surface area contributed by atoms with Crippen LogP contribution in [0.5, 0.6) is 17.2 Å². The summed E-state index contributed by atoms with van der Waals surface area (Å²) >= 11 is 0. The Morgan fingerprint density at radius 1 is 0.904 bits per heavy atom. The molecule has 0 saturated carbocycles. The molecule has 2 saturated heterocycles. The first kappa shape index (κ1) is 35.0. The highest BCUT2D eigenvalue weighted by Crippen LogP contribution is 2.42. The molecule has 11 heteroatoms. The molecule has 1 N–H and O–H groups in total. The Morgan fingerprint density at radius 2 is 1.62 bits per heavy atom. The number of rotatable bonds is 13. The van der Waals surface area contributed by atoms with E-state index < -0.39 is 0 Å². The highest BCUT2D eigenvalue weighted by molar-refractivity contribution is 6.06. The number of hydrogen-bond donors (Lipinski definition) is 1. The van der Waals surface area contributed by atoms with Crippen LogP contribution in [0.25, 0.3) is 11.0 Å². The lowest BCUT2D eigenvalue weighted by Gasteiger charge is -2.36. The van der Waals surface area contributed by atoms with Crippen molar-refractivity contribution in [3.05, 3.63) is 108 Å². The molecular weight excluding hydrogens is 656 g/mol. The second-order valence-corrected chi connectivity index (χ2v) is 13.9. The number of pyridine rings is 1. The van der Waals surface area contributed by atoms with E-state index in [4.69, 9.17) is 19.2 Å². The van der Waals surface area contributed by atoms with Crippen molar-refractivity contribution < 1.29 is 23.8 Å². The van der Waals surface area contributed by atoms with Crippen LogP contribution >= 0.6 is 0 Å². The zero-order chi connectivity index (χ0) is 36.1. The molecule has 0 aliphatic carbocycles. The van der Waals surface area contributed by atoms with E-state index in [9.17, 15) is 9.59 Å². The van der Waals surface area contributed by atoms with Gasteiger partial charge in [-0.2, -0.15) is 0 Å². The summed E-state index contributed by atoms with van der Waals surface area (Å²) in [5, 5.41) is 3.76. The van der Waals surface area contributed by atoms with Crippen molar-refractivity contribution in [2.75, 3.05) is 52.8 Å². The lowest BCUT2D eigenvalue weighted by atomic mass is 9.77. The van der Waals surface area contributed by atoms with Crippen molar-refractivity contribution in [3.63, 3.8) is 0 Å². The van der Waals surface area contributed by atoms with E-state index in [1.54, 1.807) is 12.1 Å². The van der Waals surface area contributed by atoms with Gasteiger partial charge < -0.3 is 29.0 Å². The number of methoxy groups -OCH3 is 3. The van der Waals surface area contributed by atoms with Gasteiger partial charge in [-0.05, 0) is 74.2 Å². The predicted octanol–water partition coefficient (Wildman–Crippen LogP) is 6.07. The molecule has 5 aromatic rings. The third-order valence-electron chi connectivity index (χ3n) is 10.5. The van der Waals surface area contributed by atoms with Crippen LogP contribution in [-0.4, -0.2) is 89.7 Å². The fraction of sp³-hybridized carbons (Fsp3) is 0.366. The van der Waals surface area contributed by atoms with Crippen LogP contribution in [0, 0.1) is 5.41 Å². The second kappa shape index (κ2) is 15.4. The van der Waals surface area contributed by atoms with Crippen molar-refractivity contribution in [1.29, 1.82) is 0 Å². The maximum Gasteiger partial charge on any atom is 0.260 e.